The van der Waals surface area contributed by atoms with Gasteiger partial charge in [-0.1, -0.05) is 0 Å². The van der Waals surface area contributed by atoms with E-state index in [-0.39, 0.29) is 17.9 Å². The molecule has 0 spiro atoms. The van der Waals surface area contributed by atoms with Crippen LogP contribution in [0.25, 0.3) is 0 Å². The number of nitrogens with zero attached hydrogens (tertiary/aromatic N) is 1. The van der Waals surface area contributed by atoms with Gasteiger partial charge < -0.3 is 10.6 Å². The Morgan fingerprint density at radius 1 is 1.47 bits per heavy atom. The Bertz CT molecular complexity index is 308. The summed E-state index contributed by atoms with van der Waals surface area (Å²) in [5.74, 6) is 0.820. The van der Waals surface area contributed by atoms with Crippen molar-refractivity contribution in [2.75, 3.05) is 19.6 Å². The molecule has 3 nitrogen and oxygen atoms in total. The third-order valence-corrected chi connectivity index (χ3v) is 4.36. The zero-order chi connectivity index (χ0) is 11.4. The third kappa shape index (κ3) is 4.21. The van der Waals surface area contributed by atoms with Crippen LogP contribution in [-0.2, 0) is 5.54 Å². The van der Waals surface area contributed by atoms with E-state index in [4.69, 9.17) is 0 Å². The normalized spacial score (nSPS) is 17.8. The van der Waals surface area contributed by atoms with E-state index in [1.807, 2.05) is 11.6 Å². The van der Waals surface area contributed by atoms with E-state index in [9.17, 15) is 0 Å². The molecule has 1 aliphatic heterocycles. The molecule has 0 radical (unpaired) electrons. The summed E-state index contributed by atoms with van der Waals surface area (Å²) in [6.07, 6.45) is 4.47. The second-order valence-corrected chi connectivity index (χ2v) is 5.93. The summed E-state index contributed by atoms with van der Waals surface area (Å²) in [6.45, 7) is 7.88. The lowest BCUT2D eigenvalue weighted by Crippen LogP contribution is -2.42. The van der Waals surface area contributed by atoms with Crippen LogP contribution >= 0.6 is 23.7 Å². The summed E-state index contributed by atoms with van der Waals surface area (Å²) in [5, 5.41) is 10.3. The van der Waals surface area contributed by atoms with E-state index in [0.717, 1.165) is 12.5 Å². The molecule has 5 heteroatoms. The first-order valence-electron chi connectivity index (χ1n) is 6.04. The molecule has 2 rings (SSSR count). The number of aromatic nitrogens is 1. The average molecular weight is 276 g/mol. The molecule has 1 fully saturated rings. The minimum Gasteiger partial charge on any atom is -0.317 e. The van der Waals surface area contributed by atoms with Gasteiger partial charge in [0.25, 0.3) is 0 Å². The molecule has 98 valence electrons. The lowest BCUT2D eigenvalue weighted by molar-refractivity contribution is 0.304. The molecular formula is C12H22ClN3S. The maximum absolute atomic E-state index is 4.40. The number of hydrogen-bond donors (Lipinski definition) is 2. The Kier molecular flexibility index (Phi) is 5.86. The van der Waals surface area contributed by atoms with Gasteiger partial charge in [0.15, 0.2) is 0 Å². The van der Waals surface area contributed by atoms with Gasteiger partial charge in [-0.05, 0) is 52.2 Å². The van der Waals surface area contributed by atoms with Gasteiger partial charge in [-0.15, -0.1) is 23.7 Å². The molecule has 2 heterocycles. The van der Waals surface area contributed by atoms with Crippen LogP contribution in [0.4, 0.5) is 0 Å². The van der Waals surface area contributed by atoms with E-state index in [0.29, 0.717) is 0 Å². The summed E-state index contributed by atoms with van der Waals surface area (Å²) in [7, 11) is 0. The number of rotatable bonds is 4. The number of hydrogen-bond acceptors (Lipinski definition) is 4. The monoisotopic (exact) mass is 275 g/mol. The van der Waals surface area contributed by atoms with Crippen LogP contribution in [0, 0.1) is 5.92 Å². The highest BCUT2D eigenvalue weighted by atomic mass is 35.5. The van der Waals surface area contributed by atoms with E-state index in [1.165, 1.54) is 30.9 Å². The largest absolute Gasteiger partial charge is 0.317 e. The highest BCUT2D eigenvalue weighted by Crippen LogP contribution is 2.23. The van der Waals surface area contributed by atoms with E-state index in [2.05, 4.69) is 29.5 Å². The molecule has 0 saturated carbocycles. The van der Waals surface area contributed by atoms with Crippen molar-refractivity contribution in [3.05, 3.63) is 16.6 Å². The minimum atomic E-state index is 0. The summed E-state index contributed by atoms with van der Waals surface area (Å²) in [4.78, 5) is 4.40. The number of thiazole rings is 1. The van der Waals surface area contributed by atoms with E-state index < -0.39 is 0 Å². The maximum Gasteiger partial charge on any atom is 0.112 e. The van der Waals surface area contributed by atoms with Crippen molar-refractivity contribution < 1.29 is 0 Å². The fourth-order valence-electron chi connectivity index (χ4n) is 2.09. The lowest BCUT2D eigenvalue weighted by atomic mass is 9.96. The lowest BCUT2D eigenvalue weighted by Gasteiger charge is -2.29. The van der Waals surface area contributed by atoms with Crippen LogP contribution in [0.15, 0.2) is 11.6 Å². The third-order valence-electron chi connectivity index (χ3n) is 3.26. The molecule has 1 aliphatic rings. The van der Waals surface area contributed by atoms with Crippen LogP contribution in [0.2, 0.25) is 0 Å². The summed E-state index contributed by atoms with van der Waals surface area (Å²) < 4.78 is 0. The molecule has 1 aromatic heterocycles. The zero-order valence-corrected chi connectivity index (χ0v) is 12.2. The standard InChI is InChI=1S/C12H21N3S.ClH/c1-12(2,11-14-7-8-16-11)15-9-10-3-5-13-6-4-10;/h7-8,10,13,15H,3-6,9H2,1-2H3;1H. The van der Waals surface area contributed by atoms with Gasteiger partial charge in [0.1, 0.15) is 5.01 Å². The van der Waals surface area contributed by atoms with Gasteiger partial charge in [-0.2, -0.15) is 0 Å². The van der Waals surface area contributed by atoms with Crippen LogP contribution in [0.3, 0.4) is 0 Å². The molecule has 0 bridgehead atoms. The van der Waals surface area contributed by atoms with Crippen molar-refractivity contribution >= 4 is 23.7 Å². The Labute approximate surface area is 114 Å². The minimum absolute atomic E-state index is 0. The highest BCUT2D eigenvalue weighted by Gasteiger charge is 2.24. The number of piperidine rings is 1. The molecule has 2 N–H and O–H groups in total. The zero-order valence-electron chi connectivity index (χ0n) is 10.5. The molecular weight excluding hydrogens is 254 g/mol. The first kappa shape index (κ1) is 14.9. The van der Waals surface area contributed by atoms with Gasteiger partial charge in [0.2, 0.25) is 0 Å². The Morgan fingerprint density at radius 2 is 2.18 bits per heavy atom. The molecule has 1 saturated heterocycles. The molecule has 0 atom stereocenters. The van der Waals surface area contributed by atoms with E-state index in [1.54, 1.807) is 11.3 Å². The Balaban J connectivity index is 0.00000144. The molecule has 0 unspecified atom stereocenters. The SMILES string of the molecule is CC(C)(NCC1CCNCC1)c1nccs1.Cl. The van der Waals surface area contributed by atoms with Crippen LogP contribution in [-0.4, -0.2) is 24.6 Å². The maximum atomic E-state index is 4.40. The second-order valence-electron chi connectivity index (χ2n) is 5.04. The van der Waals surface area contributed by atoms with Gasteiger partial charge in [-0.25, -0.2) is 4.98 Å². The highest BCUT2D eigenvalue weighted by molar-refractivity contribution is 7.09. The predicted octanol–water partition coefficient (Wildman–Crippen LogP) is 2.39. The predicted molar refractivity (Wildman–Crippen MR) is 76.0 cm³/mol. The van der Waals surface area contributed by atoms with Gasteiger partial charge in [0.05, 0.1) is 5.54 Å². The smallest absolute Gasteiger partial charge is 0.112 e. The topological polar surface area (TPSA) is 37.0 Å². The van der Waals surface area contributed by atoms with Crippen molar-refractivity contribution in [3.63, 3.8) is 0 Å². The number of halogens is 1. The van der Waals surface area contributed by atoms with E-state index >= 15 is 0 Å². The van der Waals surface area contributed by atoms with Crippen molar-refractivity contribution in [1.82, 2.24) is 15.6 Å². The van der Waals surface area contributed by atoms with Crippen LogP contribution in [0.1, 0.15) is 31.7 Å². The molecule has 17 heavy (non-hydrogen) atoms. The summed E-state index contributed by atoms with van der Waals surface area (Å²) >= 11 is 1.73. The fourth-order valence-corrected chi connectivity index (χ4v) is 2.83. The van der Waals surface area contributed by atoms with Crippen LogP contribution in [0.5, 0.6) is 0 Å². The van der Waals surface area contributed by atoms with Crippen molar-refractivity contribution in [2.45, 2.75) is 32.2 Å². The fraction of sp³-hybridized carbons (Fsp3) is 0.750. The Hall–Kier alpha value is -0.160. The first-order chi connectivity index (χ1) is 7.68. The molecule has 1 aromatic rings. The first-order valence-corrected chi connectivity index (χ1v) is 6.92. The quantitative estimate of drug-likeness (QED) is 0.886. The van der Waals surface area contributed by atoms with Crippen molar-refractivity contribution in [3.8, 4) is 0 Å². The van der Waals surface area contributed by atoms with Crippen molar-refractivity contribution in [1.29, 1.82) is 0 Å². The average Bonchev–Trinajstić information content (AvgIpc) is 2.82. The molecule has 0 aromatic carbocycles. The van der Waals surface area contributed by atoms with Crippen molar-refractivity contribution in [2.24, 2.45) is 5.92 Å². The molecule has 0 aliphatic carbocycles. The van der Waals surface area contributed by atoms with Gasteiger partial charge >= 0.3 is 0 Å². The van der Waals surface area contributed by atoms with Gasteiger partial charge in [0, 0.05) is 11.6 Å². The number of nitrogens with one attached hydrogen (secondary N) is 2. The molecule has 0 amide bonds. The summed E-state index contributed by atoms with van der Waals surface area (Å²) in [5.41, 5.74) is 0.0129. The second kappa shape index (κ2) is 6.69. The van der Waals surface area contributed by atoms with Gasteiger partial charge in [-0.3, -0.25) is 0 Å². The van der Waals surface area contributed by atoms with Crippen LogP contribution < -0.4 is 10.6 Å². The Morgan fingerprint density at radius 3 is 2.76 bits per heavy atom. The summed E-state index contributed by atoms with van der Waals surface area (Å²) in [6, 6.07) is 0.